The van der Waals surface area contributed by atoms with Gasteiger partial charge < -0.3 is 5.11 Å². The van der Waals surface area contributed by atoms with Crippen LogP contribution < -0.4 is 0 Å². The second-order valence-corrected chi connectivity index (χ2v) is 6.69. The van der Waals surface area contributed by atoms with Crippen molar-refractivity contribution in [2.24, 2.45) is 17.8 Å². The Balaban J connectivity index is 3.00. The van der Waals surface area contributed by atoms with Gasteiger partial charge in [-0.25, -0.2) is 0 Å². The van der Waals surface area contributed by atoms with Crippen molar-refractivity contribution in [2.45, 2.75) is 71.8 Å². The van der Waals surface area contributed by atoms with E-state index in [1.54, 1.807) is 6.92 Å². The number of hydrogen-bond donors (Lipinski definition) is 1. The third-order valence-corrected chi connectivity index (χ3v) is 4.67. The Morgan fingerprint density at radius 1 is 1.19 bits per heavy atom. The van der Waals surface area contributed by atoms with E-state index in [1.807, 2.05) is 0 Å². The van der Waals surface area contributed by atoms with E-state index in [0.717, 1.165) is 25.7 Å². The van der Waals surface area contributed by atoms with Gasteiger partial charge in [0.1, 0.15) is 17.3 Å². The molecule has 0 heterocycles. The van der Waals surface area contributed by atoms with Crippen LogP contribution in [0, 0.1) is 17.8 Å². The first kappa shape index (κ1) is 18.0. The molecule has 1 fully saturated rings. The van der Waals surface area contributed by atoms with Gasteiger partial charge in [0.05, 0.1) is 17.4 Å². The van der Waals surface area contributed by atoms with Crippen LogP contribution in [0.5, 0.6) is 0 Å². The number of carbonyl (C=O) groups is 3. The molecule has 1 aliphatic rings. The van der Waals surface area contributed by atoms with Gasteiger partial charge in [0.2, 0.25) is 0 Å². The molecule has 1 rings (SSSR count). The predicted octanol–water partition coefficient (Wildman–Crippen LogP) is 2.71. The lowest BCUT2D eigenvalue weighted by molar-refractivity contribution is -0.156. The fraction of sp³-hybridized carbons (Fsp3) is 0.824. The van der Waals surface area contributed by atoms with Gasteiger partial charge in [0.15, 0.2) is 0 Å². The molecule has 4 atom stereocenters. The van der Waals surface area contributed by atoms with Gasteiger partial charge in [-0.05, 0) is 33.1 Å². The zero-order chi connectivity index (χ0) is 16.2. The molecule has 21 heavy (non-hydrogen) atoms. The summed E-state index contributed by atoms with van der Waals surface area (Å²) in [5.41, 5.74) is -1.33. The third-order valence-electron chi connectivity index (χ3n) is 4.67. The van der Waals surface area contributed by atoms with Crippen LogP contribution in [-0.2, 0) is 14.4 Å². The highest BCUT2D eigenvalue weighted by Gasteiger charge is 2.52. The van der Waals surface area contributed by atoms with Crippen LogP contribution in [0.15, 0.2) is 0 Å². The van der Waals surface area contributed by atoms with E-state index in [0.29, 0.717) is 6.42 Å². The summed E-state index contributed by atoms with van der Waals surface area (Å²) < 4.78 is 0. The molecule has 0 spiro atoms. The number of rotatable bonds is 7. The molecule has 0 aliphatic heterocycles. The normalized spacial score (nSPS) is 33.0. The first-order chi connectivity index (χ1) is 9.72. The summed E-state index contributed by atoms with van der Waals surface area (Å²) in [6, 6.07) is 0. The van der Waals surface area contributed by atoms with Gasteiger partial charge in [-0.15, -0.1) is 0 Å². The molecule has 1 saturated carbocycles. The highest BCUT2D eigenvalue weighted by molar-refractivity contribution is 6.04. The summed E-state index contributed by atoms with van der Waals surface area (Å²) in [7, 11) is 0. The molecule has 4 nitrogen and oxygen atoms in total. The number of aliphatic hydroxyl groups is 1. The van der Waals surface area contributed by atoms with Crippen LogP contribution in [0.3, 0.4) is 0 Å². The zero-order valence-corrected chi connectivity index (χ0v) is 13.6. The largest absolute Gasteiger partial charge is 0.389 e. The number of carbonyl (C=O) groups excluding carboxylic acids is 3. The molecular formula is C17H28O4. The first-order valence-electron chi connectivity index (χ1n) is 7.98. The van der Waals surface area contributed by atoms with Crippen molar-refractivity contribution in [2.75, 3.05) is 0 Å². The Kier molecular flexibility index (Phi) is 6.26. The molecule has 0 aromatic heterocycles. The fourth-order valence-electron chi connectivity index (χ4n) is 3.87. The van der Waals surface area contributed by atoms with Gasteiger partial charge in [-0.2, -0.15) is 0 Å². The maximum Gasteiger partial charge on any atom is 0.146 e. The molecule has 0 amide bonds. The van der Waals surface area contributed by atoms with Crippen LogP contribution in [0.2, 0.25) is 0 Å². The van der Waals surface area contributed by atoms with E-state index in [-0.39, 0.29) is 29.7 Å². The Morgan fingerprint density at radius 3 is 2.29 bits per heavy atom. The van der Waals surface area contributed by atoms with E-state index < -0.39 is 17.4 Å². The van der Waals surface area contributed by atoms with Gasteiger partial charge in [-0.1, -0.05) is 32.6 Å². The number of ketones is 3. The zero-order valence-electron chi connectivity index (χ0n) is 13.6. The van der Waals surface area contributed by atoms with Crippen molar-refractivity contribution >= 4 is 17.3 Å². The van der Waals surface area contributed by atoms with Crippen LogP contribution in [0.25, 0.3) is 0 Å². The highest BCUT2D eigenvalue weighted by Crippen LogP contribution is 2.43. The minimum atomic E-state index is -1.33. The van der Waals surface area contributed by atoms with Crippen molar-refractivity contribution < 1.29 is 19.5 Å². The second kappa shape index (κ2) is 7.30. The molecule has 0 saturated heterocycles. The minimum Gasteiger partial charge on any atom is -0.389 e. The van der Waals surface area contributed by atoms with Crippen LogP contribution in [0.4, 0.5) is 0 Å². The Hall–Kier alpha value is -1.03. The van der Waals surface area contributed by atoms with E-state index in [1.165, 1.54) is 13.8 Å². The number of hydrogen-bond acceptors (Lipinski definition) is 4. The summed E-state index contributed by atoms with van der Waals surface area (Å²) in [4.78, 5) is 36.1. The summed E-state index contributed by atoms with van der Waals surface area (Å²) >= 11 is 0. The van der Waals surface area contributed by atoms with Crippen molar-refractivity contribution in [1.29, 1.82) is 0 Å². The van der Waals surface area contributed by atoms with E-state index >= 15 is 0 Å². The Bertz CT molecular complexity index is 411. The molecule has 1 N–H and O–H groups in total. The molecular weight excluding hydrogens is 268 g/mol. The smallest absolute Gasteiger partial charge is 0.146 e. The fourth-order valence-corrected chi connectivity index (χ4v) is 3.87. The SMILES string of the molecule is CCCCCC[C@@H]1[C@H](C(C)=O)C(=O)C[C@](C)(O)[C@@H]1C(C)=O. The summed E-state index contributed by atoms with van der Waals surface area (Å²) in [6.07, 6.45) is 4.66. The molecule has 0 aromatic rings. The lowest BCUT2D eigenvalue weighted by Gasteiger charge is -2.44. The van der Waals surface area contributed by atoms with E-state index in [4.69, 9.17) is 0 Å². The summed E-state index contributed by atoms with van der Waals surface area (Å²) in [5, 5.41) is 10.5. The Morgan fingerprint density at radius 2 is 1.81 bits per heavy atom. The predicted molar refractivity (Wildman–Crippen MR) is 80.8 cm³/mol. The second-order valence-electron chi connectivity index (χ2n) is 6.69. The van der Waals surface area contributed by atoms with E-state index in [9.17, 15) is 19.5 Å². The third kappa shape index (κ3) is 4.22. The molecule has 120 valence electrons. The minimum absolute atomic E-state index is 0.104. The van der Waals surface area contributed by atoms with Crippen molar-refractivity contribution in [3.63, 3.8) is 0 Å². The topological polar surface area (TPSA) is 71.4 Å². The monoisotopic (exact) mass is 296 g/mol. The van der Waals surface area contributed by atoms with E-state index in [2.05, 4.69) is 6.92 Å². The van der Waals surface area contributed by atoms with Crippen molar-refractivity contribution in [3.05, 3.63) is 0 Å². The van der Waals surface area contributed by atoms with Crippen molar-refractivity contribution in [1.82, 2.24) is 0 Å². The molecule has 0 unspecified atom stereocenters. The van der Waals surface area contributed by atoms with Gasteiger partial charge >= 0.3 is 0 Å². The number of Topliss-reactive ketones (excluding diaryl/α,β-unsaturated/α-hetero) is 3. The quantitative estimate of drug-likeness (QED) is 0.579. The average molecular weight is 296 g/mol. The maximum absolute atomic E-state index is 12.2. The summed E-state index contributed by atoms with van der Waals surface area (Å²) in [5.74, 6) is -2.22. The molecule has 0 bridgehead atoms. The molecule has 4 heteroatoms. The standard InChI is InChI=1S/C17H28O4/c1-5-6-7-8-9-13-15(11(2)18)14(20)10-17(4,21)16(13)12(3)19/h13,15-16,21H,5-10H2,1-4H3/t13-,15+,16-,17+/m1/s1. The number of unbranched alkanes of at least 4 members (excludes halogenated alkanes) is 3. The average Bonchev–Trinajstić information content (AvgIpc) is 2.31. The Labute approximate surface area is 127 Å². The molecule has 0 radical (unpaired) electrons. The van der Waals surface area contributed by atoms with Crippen molar-refractivity contribution in [3.8, 4) is 0 Å². The lowest BCUT2D eigenvalue weighted by Crippen LogP contribution is -2.55. The highest BCUT2D eigenvalue weighted by atomic mass is 16.3. The van der Waals surface area contributed by atoms with Gasteiger partial charge in [0.25, 0.3) is 0 Å². The molecule has 1 aliphatic carbocycles. The molecule has 0 aromatic carbocycles. The maximum atomic E-state index is 12.2. The first-order valence-corrected chi connectivity index (χ1v) is 7.98. The van der Waals surface area contributed by atoms with Gasteiger partial charge in [0, 0.05) is 6.42 Å². The summed E-state index contributed by atoms with van der Waals surface area (Å²) in [6.45, 7) is 6.53. The van der Waals surface area contributed by atoms with Crippen LogP contribution in [-0.4, -0.2) is 28.1 Å². The van der Waals surface area contributed by atoms with Gasteiger partial charge in [-0.3, -0.25) is 14.4 Å². The lowest BCUT2D eigenvalue weighted by atomic mass is 9.60. The van der Waals surface area contributed by atoms with Crippen LogP contribution in [0.1, 0.15) is 66.2 Å². The van der Waals surface area contributed by atoms with Crippen LogP contribution >= 0.6 is 0 Å².